The lowest BCUT2D eigenvalue weighted by Gasteiger charge is -2.36. The molecule has 0 radical (unpaired) electrons. The average Bonchev–Trinajstić information content (AvgIpc) is 2.33. The molecule has 16 heavy (non-hydrogen) atoms. The maximum atomic E-state index is 5.21. The van der Waals surface area contributed by atoms with Gasteiger partial charge in [-0.1, -0.05) is 6.07 Å². The quantitative estimate of drug-likeness (QED) is 0.781. The maximum absolute atomic E-state index is 5.21. The smallest absolute Gasteiger partial charge is 0.187 e. The summed E-state index contributed by atoms with van der Waals surface area (Å²) in [5.41, 5.74) is 4.23. The standard InChI is InChI=1S/C11H15N3OS/c1-13-6-7-14(12-11(13)16)9-4-3-5-10(8-9)15-2/h3-5,8H,6-7H2,1-2H3,(H,12,16). The molecule has 0 amide bonds. The molecular formula is C11H15N3OS. The van der Waals surface area contributed by atoms with Crippen molar-refractivity contribution in [2.75, 3.05) is 32.3 Å². The molecule has 1 aromatic rings. The van der Waals surface area contributed by atoms with Crippen LogP contribution in [0, 0.1) is 0 Å². The number of rotatable bonds is 2. The molecular weight excluding hydrogens is 222 g/mol. The molecule has 0 aliphatic carbocycles. The van der Waals surface area contributed by atoms with Crippen LogP contribution in [0.2, 0.25) is 0 Å². The Hall–Kier alpha value is -1.49. The Bertz CT molecular complexity index is 397. The zero-order valence-corrected chi connectivity index (χ0v) is 10.3. The molecule has 0 bridgehead atoms. The highest BCUT2D eigenvalue weighted by Crippen LogP contribution is 2.20. The van der Waals surface area contributed by atoms with Gasteiger partial charge in [-0.25, -0.2) is 0 Å². The highest BCUT2D eigenvalue weighted by Gasteiger charge is 2.17. The number of nitrogens with one attached hydrogen (secondary N) is 1. The Labute approximate surface area is 101 Å². The van der Waals surface area contributed by atoms with E-state index in [2.05, 4.69) is 5.43 Å². The number of hydrogen-bond acceptors (Lipinski definition) is 3. The van der Waals surface area contributed by atoms with Crippen LogP contribution in [-0.4, -0.2) is 37.3 Å². The van der Waals surface area contributed by atoms with E-state index >= 15 is 0 Å². The van der Waals surface area contributed by atoms with Crippen molar-refractivity contribution in [3.05, 3.63) is 24.3 Å². The summed E-state index contributed by atoms with van der Waals surface area (Å²) in [4.78, 5) is 2.02. The van der Waals surface area contributed by atoms with Crippen LogP contribution in [-0.2, 0) is 0 Å². The van der Waals surface area contributed by atoms with Crippen molar-refractivity contribution in [1.82, 2.24) is 10.3 Å². The first-order valence-corrected chi connectivity index (χ1v) is 5.55. The van der Waals surface area contributed by atoms with Crippen LogP contribution in [0.5, 0.6) is 5.75 Å². The largest absolute Gasteiger partial charge is 0.497 e. The Balaban J connectivity index is 2.15. The van der Waals surface area contributed by atoms with Gasteiger partial charge in [0.05, 0.1) is 19.3 Å². The van der Waals surface area contributed by atoms with Crippen LogP contribution in [0.4, 0.5) is 5.69 Å². The molecule has 1 aliphatic heterocycles. The molecule has 0 spiro atoms. The lowest BCUT2D eigenvalue weighted by molar-refractivity contribution is 0.413. The number of anilines is 1. The van der Waals surface area contributed by atoms with E-state index in [-0.39, 0.29) is 0 Å². The summed E-state index contributed by atoms with van der Waals surface area (Å²) in [6, 6.07) is 7.92. The van der Waals surface area contributed by atoms with Gasteiger partial charge in [-0.05, 0) is 24.4 Å². The molecule has 1 N–H and O–H groups in total. The third-order valence-electron chi connectivity index (χ3n) is 2.60. The van der Waals surface area contributed by atoms with Crippen molar-refractivity contribution in [2.24, 2.45) is 0 Å². The van der Waals surface area contributed by atoms with Gasteiger partial charge in [0.25, 0.3) is 0 Å². The fraction of sp³-hybridized carbons (Fsp3) is 0.364. The number of nitrogens with zero attached hydrogens (tertiary/aromatic N) is 2. The first kappa shape index (κ1) is 11.0. The van der Waals surface area contributed by atoms with E-state index in [4.69, 9.17) is 17.0 Å². The highest BCUT2D eigenvalue weighted by atomic mass is 32.1. The molecule has 0 unspecified atom stereocenters. The van der Waals surface area contributed by atoms with Crippen LogP contribution in [0.15, 0.2) is 24.3 Å². The Morgan fingerprint density at radius 2 is 2.19 bits per heavy atom. The van der Waals surface area contributed by atoms with Gasteiger partial charge in [-0.15, -0.1) is 0 Å². The molecule has 86 valence electrons. The fourth-order valence-electron chi connectivity index (χ4n) is 1.58. The Morgan fingerprint density at radius 1 is 1.38 bits per heavy atom. The second-order valence-electron chi connectivity index (χ2n) is 3.69. The number of methoxy groups -OCH3 is 1. The van der Waals surface area contributed by atoms with Gasteiger partial charge in [0, 0.05) is 19.7 Å². The summed E-state index contributed by atoms with van der Waals surface area (Å²) in [5.74, 6) is 0.851. The van der Waals surface area contributed by atoms with E-state index in [9.17, 15) is 0 Å². The lowest BCUT2D eigenvalue weighted by atomic mass is 10.3. The number of hydrogen-bond donors (Lipinski definition) is 1. The molecule has 0 saturated carbocycles. The Kier molecular flexibility index (Phi) is 3.14. The predicted octanol–water partition coefficient (Wildman–Crippen LogP) is 1.24. The summed E-state index contributed by atoms with van der Waals surface area (Å²) < 4.78 is 5.20. The monoisotopic (exact) mass is 237 g/mol. The van der Waals surface area contributed by atoms with E-state index in [1.165, 1.54) is 0 Å². The minimum Gasteiger partial charge on any atom is -0.497 e. The normalized spacial score (nSPS) is 16.0. The van der Waals surface area contributed by atoms with Gasteiger partial charge < -0.3 is 9.64 Å². The average molecular weight is 237 g/mol. The second kappa shape index (κ2) is 4.57. The highest BCUT2D eigenvalue weighted by molar-refractivity contribution is 7.80. The van der Waals surface area contributed by atoms with E-state index in [1.807, 2.05) is 41.2 Å². The summed E-state index contributed by atoms with van der Waals surface area (Å²) in [5, 5.41) is 2.78. The van der Waals surface area contributed by atoms with Crippen LogP contribution in [0.3, 0.4) is 0 Å². The van der Waals surface area contributed by atoms with Crippen molar-refractivity contribution in [1.29, 1.82) is 0 Å². The molecule has 5 heteroatoms. The van der Waals surface area contributed by atoms with Crippen LogP contribution in [0.1, 0.15) is 0 Å². The van der Waals surface area contributed by atoms with Gasteiger partial charge in [0.2, 0.25) is 0 Å². The fourth-order valence-corrected chi connectivity index (χ4v) is 1.78. The number of hydrazine groups is 1. The minimum atomic E-state index is 0.745. The third kappa shape index (κ3) is 2.19. The third-order valence-corrected chi connectivity index (χ3v) is 3.00. The predicted molar refractivity (Wildman–Crippen MR) is 68.7 cm³/mol. The lowest BCUT2D eigenvalue weighted by Crippen LogP contribution is -2.56. The van der Waals surface area contributed by atoms with Crippen molar-refractivity contribution in [3.63, 3.8) is 0 Å². The van der Waals surface area contributed by atoms with E-state index in [1.54, 1.807) is 7.11 Å². The second-order valence-corrected chi connectivity index (χ2v) is 4.08. The number of thiocarbonyl (C=S) groups is 1. The molecule has 1 aromatic carbocycles. The molecule has 4 nitrogen and oxygen atoms in total. The van der Waals surface area contributed by atoms with Gasteiger partial charge in [-0.2, -0.15) is 0 Å². The molecule has 0 atom stereocenters. The van der Waals surface area contributed by atoms with Gasteiger partial charge in [0.1, 0.15) is 5.75 Å². The maximum Gasteiger partial charge on any atom is 0.187 e. The van der Waals surface area contributed by atoms with E-state index < -0.39 is 0 Å². The van der Waals surface area contributed by atoms with Crippen LogP contribution < -0.4 is 15.2 Å². The topological polar surface area (TPSA) is 27.7 Å². The molecule has 1 fully saturated rings. The van der Waals surface area contributed by atoms with E-state index in [0.717, 1.165) is 29.6 Å². The van der Waals surface area contributed by atoms with Gasteiger partial charge >= 0.3 is 0 Å². The molecule has 1 aliphatic rings. The van der Waals surface area contributed by atoms with Crippen molar-refractivity contribution >= 4 is 23.0 Å². The molecule has 2 rings (SSSR count). The number of likely N-dealkylation sites (N-methyl/N-ethyl adjacent to an activating group) is 1. The minimum absolute atomic E-state index is 0.745. The van der Waals surface area contributed by atoms with Crippen LogP contribution >= 0.6 is 12.2 Å². The summed E-state index contributed by atoms with van der Waals surface area (Å²) >= 11 is 5.21. The number of benzene rings is 1. The summed E-state index contributed by atoms with van der Waals surface area (Å²) in [7, 11) is 3.65. The first-order valence-electron chi connectivity index (χ1n) is 5.14. The Morgan fingerprint density at radius 3 is 2.88 bits per heavy atom. The van der Waals surface area contributed by atoms with Gasteiger partial charge in [-0.3, -0.25) is 10.4 Å². The van der Waals surface area contributed by atoms with Crippen molar-refractivity contribution in [3.8, 4) is 5.75 Å². The first-order chi connectivity index (χ1) is 7.70. The zero-order valence-electron chi connectivity index (χ0n) is 9.43. The summed E-state index contributed by atoms with van der Waals surface area (Å²) in [6.45, 7) is 1.81. The van der Waals surface area contributed by atoms with Crippen LogP contribution in [0.25, 0.3) is 0 Å². The SMILES string of the molecule is COc1cccc(N2CCN(C)C(=S)N2)c1. The molecule has 1 heterocycles. The summed E-state index contributed by atoms with van der Waals surface area (Å²) in [6.07, 6.45) is 0. The zero-order chi connectivity index (χ0) is 11.5. The molecule has 1 saturated heterocycles. The van der Waals surface area contributed by atoms with Gasteiger partial charge in [0.15, 0.2) is 5.11 Å². The van der Waals surface area contributed by atoms with Crippen molar-refractivity contribution in [2.45, 2.75) is 0 Å². The van der Waals surface area contributed by atoms with Crippen molar-refractivity contribution < 1.29 is 4.74 Å². The number of ether oxygens (including phenoxy) is 1. The van der Waals surface area contributed by atoms with E-state index in [0.29, 0.717) is 0 Å². The molecule has 0 aromatic heterocycles.